The fourth-order valence-electron chi connectivity index (χ4n) is 0.366. The Bertz CT molecular complexity index is 546. The first kappa shape index (κ1) is 1.50. The van der Waals surface area contributed by atoms with E-state index in [1.165, 1.54) is 0 Å². The Hall–Kier alpha value is -1.24. The van der Waals surface area contributed by atoms with Crippen LogP contribution < -0.4 is 4.74 Å². The maximum absolute atomic E-state index is 7.53. The van der Waals surface area contributed by atoms with Crippen LogP contribution in [-0.2, 0) is 0 Å². The lowest BCUT2D eigenvalue weighted by molar-refractivity contribution is 0.363. The molecule has 0 amide bonds. The molecule has 0 atom stereocenters. The van der Waals surface area contributed by atoms with E-state index in [4.69, 9.17) is 13.7 Å². The van der Waals surface area contributed by atoms with E-state index in [2.05, 4.69) is 4.74 Å². The van der Waals surface area contributed by atoms with Gasteiger partial charge in [0.05, 0.1) is 13.7 Å². The Morgan fingerprint density at radius 2 is 2.60 bits per heavy atom. The quantitative estimate of drug-likeness (QED) is 0.591. The minimum Gasteiger partial charge on any atom is -0.490 e. The molecule has 0 heterocycles. The van der Waals surface area contributed by atoms with Crippen LogP contribution in [0.25, 0.3) is 0 Å². The second kappa shape index (κ2) is 3.72. The zero-order valence-corrected chi connectivity index (χ0v) is 4.91. The molecule has 0 fully saturated rings. The summed E-state index contributed by atoms with van der Waals surface area (Å²) >= 11 is 0. The van der Waals surface area contributed by atoms with Crippen LogP contribution in [-0.4, -0.2) is 6.56 Å². The second-order valence-electron chi connectivity index (χ2n) is 1.28. The topological polar surface area (TPSA) is 9.23 Å². The van der Waals surface area contributed by atoms with E-state index in [1.807, 2.05) is 0 Å². The lowest BCUT2D eigenvalue weighted by Gasteiger charge is -1.99. The van der Waals surface area contributed by atoms with Crippen LogP contribution in [0.5, 0.6) is 5.75 Å². The zero-order chi connectivity index (χ0) is 15.8. The van der Waals surface area contributed by atoms with E-state index in [9.17, 15) is 0 Å². The van der Waals surface area contributed by atoms with Gasteiger partial charge in [0, 0.05) is 0 Å². The van der Waals surface area contributed by atoms with Gasteiger partial charge in [-0.2, -0.15) is 0 Å². The summed E-state index contributed by atoms with van der Waals surface area (Å²) in [5.41, 5.74) is 0. The van der Waals surface area contributed by atoms with Gasteiger partial charge in [-0.15, -0.1) is 0 Å². The fraction of sp³-hybridized carbons (Fsp3) is 0.111. The van der Waals surface area contributed by atoms with Crippen molar-refractivity contribution in [3.8, 4) is 5.75 Å². The third-order valence-electron chi connectivity index (χ3n) is 0.681. The third kappa shape index (κ3) is 1.94. The monoisotopic (exact) mass is 144 g/mol. The van der Waals surface area contributed by atoms with Crippen molar-refractivity contribution in [2.45, 2.75) is 0 Å². The first-order chi connectivity index (χ1) is 9.00. The molecule has 0 saturated carbocycles. The summed E-state index contributed by atoms with van der Waals surface area (Å²) in [6.45, 7) is -4.09. The number of hydrogen-bond donors (Lipinski definition) is 0. The normalized spacial score (nSPS) is 24.0. The molecular weight excluding hydrogens is 124 g/mol. The predicted molar refractivity (Wildman–Crippen MR) is 42.1 cm³/mol. The molecule has 0 aliphatic carbocycles. The Morgan fingerprint density at radius 1 is 1.80 bits per heavy atom. The molecule has 0 aromatic heterocycles. The molecule has 1 heteroatoms. The highest BCUT2D eigenvalue weighted by Crippen LogP contribution is 2.07. The number of benzene rings is 1. The predicted octanol–water partition coefficient (Wildman–Crippen LogP) is 2.25. The standard InChI is InChI=1S/C9H10O/c1-2-8-10-9-6-4-3-5-7-9/h2-7H,1,8H2/i1D2,2D,3D,4D,5D,6D,7D,8D2. The van der Waals surface area contributed by atoms with E-state index < -0.39 is 55.1 Å². The molecular formula is C9H10O. The summed E-state index contributed by atoms with van der Waals surface area (Å²) in [6, 6.07) is -4.71. The molecule has 52 valence electrons. The molecule has 1 nitrogen and oxygen atoms in total. The van der Waals surface area contributed by atoms with Gasteiger partial charge in [0.15, 0.2) is 0 Å². The van der Waals surface area contributed by atoms with Gasteiger partial charge < -0.3 is 4.74 Å². The Morgan fingerprint density at radius 3 is 3.30 bits per heavy atom. The van der Waals surface area contributed by atoms with E-state index in [1.54, 1.807) is 0 Å². The Labute approximate surface area is 75.0 Å². The van der Waals surface area contributed by atoms with Crippen molar-refractivity contribution in [1.82, 2.24) is 0 Å². The third-order valence-corrected chi connectivity index (χ3v) is 0.681. The van der Waals surface area contributed by atoms with Crippen LogP contribution in [0.3, 0.4) is 0 Å². The van der Waals surface area contributed by atoms with Crippen LogP contribution >= 0.6 is 0 Å². The Balaban J connectivity index is 3.41. The zero-order valence-electron chi connectivity index (χ0n) is 14.9. The highest BCUT2D eigenvalue weighted by Gasteiger charge is 1.84. The fourth-order valence-corrected chi connectivity index (χ4v) is 0.366. The number of hydrogen-bond acceptors (Lipinski definition) is 1. The molecule has 0 aliphatic heterocycles. The molecule has 0 unspecified atom stereocenters. The molecule has 0 radical (unpaired) electrons. The van der Waals surface area contributed by atoms with E-state index in [-0.39, 0.29) is 0 Å². The van der Waals surface area contributed by atoms with Crippen LogP contribution in [0.4, 0.5) is 0 Å². The number of para-hydroxylation sites is 1. The van der Waals surface area contributed by atoms with Crippen molar-refractivity contribution in [2.24, 2.45) is 0 Å². The minimum atomic E-state index is -2.95. The van der Waals surface area contributed by atoms with Gasteiger partial charge in [-0.3, -0.25) is 0 Å². The van der Waals surface area contributed by atoms with Crippen molar-refractivity contribution in [3.63, 3.8) is 0 Å². The maximum atomic E-state index is 7.53. The highest BCUT2D eigenvalue weighted by molar-refractivity contribution is 5.20. The molecule has 1 rings (SSSR count). The Kier molecular flexibility index (Phi) is 0.558. The summed E-state index contributed by atoms with van der Waals surface area (Å²) in [6.07, 6.45) is 0. The average molecular weight is 144 g/mol. The van der Waals surface area contributed by atoms with Gasteiger partial charge in [-0.05, 0) is 12.1 Å². The van der Waals surface area contributed by atoms with Crippen molar-refractivity contribution in [2.75, 3.05) is 6.56 Å². The smallest absolute Gasteiger partial charge is 0.119 e. The average Bonchev–Trinajstić information content (AvgIpc) is 2.38. The van der Waals surface area contributed by atoms with Gasteiger partial charge >= 0.3 is 0 Å². The SMILES string of the molecule is [2H]C([2H])=C([2H])C([2H])([2H])Oc1c([2H])c([2H])c([2H])c([2H])c1[2H]. The summed E-state index contributed by atoms with van der Waals surface area (Å²) in [7, 11) is 0. The van der Waals surface area contributed by atoms with E-state index in [0.717, 1.165) is 0 Å². The molecule has 1 aromatic carbocycles. The van der Waals surface area contributed by atoms with Crippen molar-refractivity contribution in [1.29, 1.82) is 0 Å². The molecule has 0 N–H and O–H groups in total. The van der Waals surface area contributed by atoms with Crippen LogP contribution in [0, 0.1) is 0 Å². The van der Waals surface area contributed by atoms with E-state index >= 15 is 0 Å². The highest BCUT2D eigenvalue weighted by atomic mass is 16.5. The lowest BCUT2D eigenvalue weighted by Crippen LogP contribution is -1.91. The lowest BCUT2D eigenvalue weighted by atomic mass is 10.3. The van der Waals surface area contributed by atoms with Crippen molar-refractivity contribution in [3.05, 3.63) is 42.8 Å². The molecule has 10 heavy (non-hydrogen) atoms. The molecule has 0 bridgehead atoms. The summed E-state index contributed by atoms with van der Waals surface area (Å²) < 4.78 is 77.6. The van der Waals surface area contributed by atoms with E-state index in [0.29, 0.717) is 0 Å². The minimum absolute atomic E-state index is 0.656. The summed E-state index contributed by atoms with van der Waals surface area (Å²) in [5.74, 6) is -0.771. The molecule has 1 aromatic rings. The largest absolute Gasteiger partial charge is 0.490 e. The van der Waals surface area contributed by atoms with Crippen LogP contribution in [0.2, 0.25) is 0 Å². The molecule has 0 saturated heterocycles. The van der Waals surface area contributed by atoms with Gasteiger partial charge in [-0.25, -0.2) is 0 Å². The molecule has 0 aliphatic rings. The van der Waals surface area contributed by atoms with Crippen molar-refractivity contribution >= 4 is 0 Å². The number of rotatable bonds is 3. The van der Waals surface area contributed by atoms with Crippen molar-refractivity contribution < 1.29 is 18.4 Å². The van der Waals surface area contributed by atoms with Gasteiger partial charge in [0.1, 0.15) is 12.3 Å². The van der Waals surface area contributed by atoms with Crippen LogP contribution in [0.15, 0.2) is 42.8 Å². The maximum Gasteiger partial charge on any atom is 0.119 e. The van der Waals surface area contributed by atoms with Gasteiger partial charge in [0.25, 0.3) is 0 Å². The van der Waals surface area contributed by atoms with Gasteiger partial charge in [0.2, 0.25) is 0 Å². The second-order valence-corrected chi connectivity index (χ2v) is 1.28. The van der Waals surface area contributed by atoms with Crippen LogP contribution in [0.1, 0.15) is 13.7 Å². The summed E-state index contributed by atoms with van der Waals surface area (Å²) in [4.78, 5) is 0. The molecule has 0 spiro atoms. The number of ether oxygens (including phenoxy) is 1. The first-order valence-electron chi connectivity index (χ1n) is 7.41. The summed E-state index contributed by atoms with van der Waals surface area (Å²) in [5, 5.41) is 0. The first-order valence-corrected chi connectivity index (χ1v) is 2.41. The van der Waals surface area contributed by atoms with Gasteiger partial charge in [-0.1, -0.05) is 30.7 Å².